The fourth-order valence-electron chi connectivity index (χ4n) is 1.62. The van der Waals surface area contributed by atoms with Gasteiger partial charge in [-0.1, -0.05) is 26.8 Å². The first-order chi connectivity index (χ1) is 7.47. The molecule has 0 aromatic carbocycles. The third-order valence-electron chi connectivity index (χ3n) is 2.54. The van der Waals surface area contributed by atoms with E-state index in [9.17, 15) is 0 Å². The number of aliphatic imine (C=N–C) groups is 1. The molecule has 2 nitrogen and oxygen atoms in total. The maximum Gasteiger partial charge on any atom is 0.106 e. The van der Waals surface area contributed by atoms with Crippen molar-refractivity contribution in [2.45, 2.75) is 20.8 Å². The topological polar surface area (TPSA) is 25.2 Å². The highest BCUT2D eigenvalue weighted by molar-refractivity contribution is 9.10. The largest absolute Gasteiger partial charge is 0.284 e. The van der Waals surface area contributed by atoms with Gasteiger partial charge in [0.05, 0.1) is 12.2 Å². The molecular weight excluding hydrogens is 264 g/mol. The quantitative estimate of drug-likeness (QED) is 0.719. The molecule has 1 aromatic heterocycles. The zero-order chi connectivity index (χ0) is 11.8. The smallest absolute Gasteiger partial charge is 0.106 e. The lowest BCUT2D eigenvalue weighted by molar-refractivity contribution is 0.594. The van der Waals surface area contributed by atoms with Gasteiger partial charge in [-0.15, -0.1) is 0 Å². The van der Waals surface area contributed by atoms with E-state index >= 15 is 0 Å². The van der Waals surface area contributed by atoms with E-state index in [1.807, 2.05) is 18.2 Å². The molecule has 16 heavy (non-hydrogen) atoms. The van der Waals surface area contributed by atoms with Crippen molar-refractivity contribution in [3.63, 3.8) is 0 Å². The van der Waals surface area contributed by atoms with Crippen molar-refractivity contribution in [3.05, 3.63) is 34.6 Å². The van der Waals surface area contributed by atoms with Gasteiger partial charge in [0.2, 0.25) is 0 Å². The number of hydrogen-bond acceptors (Lipinski definition) is 2. The van der Waals surface area contributed by atoms with Crippen LogP contribution in [-0.4, -0.2) is 17.2 Å². The molecule has 0 atom stereocenters. The molecule has 1 aliphatic rings. The molecule has 0 unspecified atom stereocenters. The fraction of sp³-hybridized carbons (Fsp3) is 0.385. The molecule has 3 heteroatoms. The van der Waals surface area contributed by atoms with Crippen molar-refractivity contribution in [2.75, 3.05) is 6.54 Å². The van der Waals surface area contributed by atoms with Crippen molar-refractivity contribution >= 4 is 27.2 Å². The lowest BCUT2D eigenvalue weighted by Crippen LogP contribution is -2.16. The van der Waals surface area contributed by atoms with Crippen molar-refractivity contribution < 1.29 is 0 Å². The SMILES string of the molecule is CC(C)(C)C1=NCC(c2cccc(Br)n2)=C1. The van der Waals surface area contributed by atoms with Gasteiger partial charge in [0.25, 0.3) is 0 Å². The van der Waals surface area contributed by atoms with E-state index in [4.69, 9.17) is 0 Å². The van der Waals surface area contributed by atoms with Crippen LogP contribution in [-0.2, 0) is 0 Å². The number of hydrogen-bond donors (Lipinski definition) is 0. The highest BCUT2D eigenvalue weighted by Crippen LogP contribution is 2.26. The molecule has 1 aliphatic heterocycles. The van der Waals surface area contributed by atoms with Gasteiger partial charge in [-0.25, -0.2) is 4.98 Å². The van der Waals surface area contributed by atoms with Crippen molar-refractivity contribution in [2.24, 2.45) is 10.4 Å². The number of aromatic nitrogens is 1. The minimum atomic E-state index is 0.119. The Kier molecular flexibility index (Phi) is 2.98. The average Bonchev–Trinajstić information content (AvgIpc) is 2.65. The molecule has 2 heterocycles. The Morgan fingerprint density at radius 2 is 2.00 bits per heavy atom. The third kappa shape index (κ3) is 2.40. The van der Waals surface area contributed by atoms with E-state index in [1.165, 1.54) is 5.57 Å². The second-order valence-corrected chi connectivity index (χ2v) is 5.78. The standard InChI is InChI=1S/C13H15BrN2/c1-13(2,3)11-7-9(8-15-11)10-5-4-6-12(14)16-10/h4-7H,8H2,1-3H3. The van der Waals surface area contributed by atoms with Crippen molar-refractivity contribution in [1.29, 1.82) is 0 Å². The molecule has 0 N–H and O–H groups in total. The Morgan fingerprint density at radius 3 is 2.56 bits per heavy atom. The van der Waals surface area contributed by atoms with E-state index in [2.05, 4.69) is 52.8 Å². The summed E-state index contributed by atoms with van der Waals surface area (Å²) in [6.45, 7) is 7.29. The van der Waals surface area contributed by atoms with Crippen LogP contribution in [0.15, 0.2) is 33.9 Å². The highest BCUT2D eigenvalue weighted by atomic mass is 79.9. The summed E-state index contributed by atoms with van der Waals surface area (Å²) < 4.78 is 0.870. The van der Waals surface area contributed by atoms with Gasteiger partial charge in [0.15, 0.2) is 0 Å². The first-order valence-electron chi connectivity index (χ1n) is 5.35. The van der Waals surface area contributed by atoms with Crippen LogP contribution in [0.5, 0.6) is 0 Å². The fourth-order valence-corrected chi connectivity index (χ4v) is 1.97. The summed E-state index contributed by atoms with van der Waals surface area (Å²) in [6.07, 6.45) is 2.16. The number of halogens is 1. The Hall–Kier alpha value is -0.960. The van der Waals surface area contributed by atoms with Crippen LogP contribution in [0.4, 0.5) is 0 Å². The van der Waals surface area contributed by atoms with Crippen LogP contribution in [0.2, 0.25) is 0 Å². The summed E-state index contributed by atoms with van der Waals surface area (Å²) in [7, 11) is 0. The molecule has 0 spiro atoms. The van der Waals surface area contributed by atoms with Gasteiger partial charge in [0.1, 0.15) is 4.60 Å². The first kappa shape index (κ1) is 11.5. The minimum Gasteiger partial charge on any atom is -0.284 e. The summed E-state index contributed by atoms with van der Waals surface area (Å²) in [6, 6.07) is 5.96. The van der Waals surface area contributed by atoms with Crippen LogP contribution in [0.3, 0.4) is 0 Å². The zero-order valence-corrected chi connectivity index (χ0v) is 11.4. The maximum atomic E-state index is 4.56. The van der Waals surface area contributed by atoms with Gasteiger partial charge in [-0.2, -0.15) is 0 Å². The minimum absolute atomic E-state index is 0.119. The average molecular weight is 279 g/mol. The Bertz CT molecular complexity index is 467. The van der Waals surface area contributed by atoms with Crippen LogP contribution in [0.25, 0.3) is 5.57 Å². The number of nitrogens with zero attached hydrogens (tertiary/aromatic N) is 2. The van der Waals surface area contributed by atoms with E-state index in [-0.39, 0.29) is 5.41 Å². The predicted octanol–water partition coefficient (Wildman–Crippen LogP) is 3.73. The number of allylic oxidation sites excluding steroid dienone is 1. The Morgan fingerprint density at radius 1 is 1.25 bits per heavy atom. The number of rotatable bonds is 1. The van der Waals surface area contributed by atoms with E-state index in [0.29, 0.717) is 0 Å². The molecule has 0 saturated carbocycles. The van der Waals surface area contributed by atoms with Gasteiger partial charge >= 0.3 is 0 Å². The highest BCUT2D eigenvalue weighted by Gasteiger charge is 2.21. The second kappa shape index (κ2) is 4.13. The molecular formula is C13H15BrN2. The molecule has 0 bridgehead atoms. The Balaban J connectivity index is 2.28. The molecule has 0 amide bonds. The lowest BCUT2D eigenvalue weighted by atomic mass is 9.89. The normalized spacial score (nSPS) is 16.0. The lowest BCUT2D eigenvalue weighted by Gasteiger charge is -2.16. The van der Waals surface area contributed by atoms with Gasteiger partial charge in [0, 0.05) is 16.7 Å². The summed E-state index contributed by atoms with van der Waals surface area (Å²) in [5, 5.41) is 0. The van der Waals surface area contributed by atoms with Gasteiger partial charge in [-0.3, -0.25) is 4.99 Å². The molecule has 0 aliphatic carbocycles. The monoisotopic (exact) mass is 278 g/mol. The van der Waals surface area contributed by atoms with Crippen LogP contribution >= 0.6 is 15.9 Å². The third-order valence-corrected chi connectivity index (χ3v) is 2.98. The summed E-state index contributed by atoms with van der Waals surface area (Å²) >= 11 is 3.39. The number of pyridine rings is 1. The molecule has 1 aromatic rings. The van der Waals surface area contributed by atoms with Crippen molar-refractivity contribution in [1.82, 2.24) is 4.98 Å². The molecule has 2 rings (SSSR count). The summed E-state index contributed by atoms with van der Waals surface area (Å²) in [5.41, 5.74) is 3.49. The Labute approximate surface area is 105 Å². The van der Waals surface area contributed by atoms with Crippen LogP contribution in [0, 0.1) is 5.41 Å². The molecule has 0 fully saturated rings. The summed E-state index contributed by atoms with van der Waals surface area (Å²) in [4.78, 5) is 9.01. The molecule has 84 valence electrons. The molecule has 0 saturated heterocycles. The molecule has 0 radical (unpaired) electrons. The second-order valence-electron chi connectivity index (χ2n) is 4.97. The van der Waals surface area contributed by atoms with Crippen LogP contribution < -0.4 is 0 Å². The van der Waals surface area contributed by atoms with Gasteiger partial charge in [-0.05, 0) is 34.1 Å². The van der Waals surface area contributed by atoms with Gasteiger partial charge < -0.3 is 0 Å². The first-order valence-corrected chi connectivity index (χ1v) is 6.14. The van der Waals surface area contributed by atoms with E-state index < -0.39 is 0 Å². The zero-order valence-electron chi connectivity index (χ0n) is 9.79. The van der Waals surface area contributed by atoms with E-state index in [1.54, 1.807) is 0 Å². The summed E-state index contributed by atoms with van der Waals surface area (Å²) in [5.74, 6) is 0. The van der Waals surface area contributed by atoms with E-state index in [0.717, 1.165) is 22.6 Å². The van der Waals surface area contributed by atoms with Crippen molar-refractivity contribution in [3.8, 4) is 0 Å². The maximum absolute atomic E-state index is 4.56. The predicted molar refractivity (Wildman–Crippen MR) is 71.7 cm³/mol. The van der Waals surface area contributed by atoms with Crippen LogP contribution in [0.1, 0.15) is 26.5 Å².